The van der Waals surface area contributed by atoms with E-state index >= 15 is 0 Å². The summed E-state index contributed by atoms with van der Waals surface area (Å²) in [5.74, 6) is 1.26. The Morgan fingerprint density at radius 3 is 1.23 bits per heavy atom. The van der Waals surface area contributed by atoms with E-state index in [9.17, 15) is 25.2 Å². The molecule has 1 heterocycles. The van der Waals surface area contributed by atoms with Crippen molar-refractivity contribution in [2.24, 2.45) is 0 Å². The highest BCUT2D eigenvalue weighted by Gasteiger charge is 2.43. The van der Waals surface area contributed by atoms with Crippen molar-refractivity contribution < 1.29 is 44.2 Å². The summed E-state index contributed by atoms with van der Waals surface area (Å²) in [5, 5.41) is 43.5. The zero-order chi connectivity index (χ0) is 44.2. The molecule has 356 valence electrons. The van der Waals surface area contributed by atoms with E-state index in [1.54, 1.807) is 12.1 Å². The molecule has 61 heavy (non-hydrogen) atoms. The van der Waals surface area contributed by atoms with Crippen molar-refractivity contribution in [1.82, 2.24) is 5.32 Å². The van der Waals surface area contributed by atoms with Gasteiger partial charge in [0.1, 0.15) is 24.4 Å². The van der Waals surface area contributed by atoms with E-state index < -0.39 is 37.1 Å². The zero-order valence-electron chi connectivity index (χ0n) is 39.3. The second-order valence-corrected chi connectivity index (χ2v) is 17.8. The van der Waals surface area contributed by atoms with Crippen LogP contribution in [-0.2, 0) is 4.74 Å². The summed E-state index contributed by atoms with van der Waals surface area (Å²) >= 11 is 0. The third-order valence-corrected chi connectivity index (χ3v) is 12.2. The van der Waals surface area contributed by atoms with Crippen LogP contribution in [0.1, 0.15) is 230 Å². The zero-order valence-corrected chi connectivity index (χ0v) is 39.3. The van der Waals surface area contributed by atoms with Crippen LogP contribution < -0.4 is 19.5 Å². The first-order valence-corrected chi connectivity index (χ1v) is 25.5. The topological polar surface area (TPSA) is 147 Å². The molecule has 1 aromatic carbocycles. The first kappa shape index (κ1) is 55.0. The number of hydrogen-bond acceptors (Lipinski definition) is 9. The molecule has 1 aliphatic rings. The Labute approximate surface area is 372 Å². The number of benzene rings is 1. The minimum Gasteiger partial charge on any atom is -0.490 e. The number of aliphatic hydroxyl groups is 4. The molecule has 10 heteroatoms. The summed E-state index contributed by atoms with van der Waals surface area (Å²) in [6.45, 7) is 8.00. The second kappa shape index (κ2) is 37.3. The quantitative estimate of drug-likeness (QED) is 0.0406. The molecule has 5 atom stereocenters. The largest absolute Gasteiger partial charge is 0.490 e. The van der Waals surface area contributed by atoms with Gasteiger partial charge in [0.2, 0.25) is 5.75 Å². The van der Waals surface area contributed by atoms with Crippen LogP contribution in [0, 0.1) is 0 Å². The monoisotopic (exact) mass is 864 g/mol. The van der Waals surface area contributed by atoms with Gasteiger partial charge in [0.05, 0.1) is 32.5 Å². The highest BCUT2D eigenvalue weighted by Crippen LogP contribution is 2.40. The van der Waals surface area contributed by atoms with E-state index in [1.807, 2.05) is 0 Å². The van der Waals surface area contributed by atoms with Crippen LogP contribution in [0.2, 0.25) is 0 Å². The molecule has 0 aliphatic carbocycles. The molecule has 1 amide bonds. The van der Waals surface area contributed by atoms with Gasteiger partial charge in [-0.25, -0.2) is 0 Å². The molecular formula is C51H93NO9. The molecular weight excluding hydrogens is 771 g/mol. The minimum absolute atomic E-state index is 0.141. The number of hydrogen-bond donors (Lipinski definition) is 5. The predicted octanol–water partition coefficient (Wildman–Crippen LogP) is 11.5. The summed E-state index contributed by atoms with van der Waals surface area (Å²) in [6.07, 6.45) is 31.2. The fourth-order valence-corrected chi connectivity index (χ4v) is 8.22. The standard InChI is InChI=1S/C51H93NO9/c1-4-7-10-13-16-19-22-25-28-31-36-58-44-39-42(51(57)52-35-34-43-47(54)49(56)48(55)46(41-53)61-43)40-45(59-37-32-29-26-23-20-17-14-11-8-5-2)50(44)60-38-33-30-27-24-21-18-15-12-9-6-3/h39-40,43,46-49,53-56H,4-38,41H2,1-3H3,(H,52,57)/t43?,46-,47+,48+,49-/m1/s1. The normalized spacial score (nSPS) is 19.0. The fourth-order valence-electron chi connectivity index (χ4n) is 8.22. The maximum absolute atomic E-state index is 13.7. The average Bonchev–Trinajstić information content (AvgIpc) is 3.26. The molecule has 0 bridgehead atoms. The van der Waals surface area contributed by atoms with Gasteiger partial charge in [-0.3, -0.25) is 4.79 Å². The van der Waals surface area contributed by atoms with E-state index in [0.717, 1.165) is 38.5 Å². The number of carbonyl (C=O) groups is 1. The molecule has 1 aliphatic heterocycles. The Kier molecular flexibility index (Phi) is 33.6. The van der Waals surface area contributed by atoms with E-state index in [-0.39, 0.29) is 18.9 Å². The van der Waals surface area contributed by atoms with Crippen molar-refractivity contribution in [3.63, 3.8) is 0 Å². The molecule has 1 unspecified atom stereocenters. The van der Waals surface area contributed by atoms with Crippen molar-refractivity contribution >= 4 is 5.91 Å². The Hall–Kier alpha value is -2.11. The number of rotatable bonds is 41. The number of aliphatic hydroxyl groups excluding tert-OH is 4. The van der Waals surface area contributed by atoms with Crippen LogP contribution in [0.5, 0.6) is 17.2 Å². The SMILES string of the molecule is CCCCCCCCCCCCOc1cc(C(=O)NCCC2O[C@H](CO)[C@H](O)[C@H](O)[C@H]2O)cc(OCCCCCCCCCCCC)c1OCCCCCCCCCCCC. The van der Waals surface area contributed by atoms with Gasteiger partial charge in [-0.05, 0) is 37.8 Å². The van der Waals surface area contributed by atoms with Crippen LogP contribution in [0.15, 0.2) is 12.1 Å². The molecule has 2 rings (SSSR count). The van der Waals surface area contributed by atoms with Crippen LogP contribution >= 0.6 is 0 Å². The smallest absolute Gasteiger partial charge is 0.251 e. The van der Waals surface area contributed by atoms with E-state index in [2.05, 4.69) is 26.1 Å². The van der Waals surface area contributed by atoms with Crippen molar-refractivity contribution in [3.05, 3.63) is 17.7 Å². The van der Waals surface area contributed by atoms with Gasteiger partial charge < -0.3 is 44.7 Å². The van der Waals surface area contributed by atoms with Crippen LogP contribution in [0.3, 0.4) is 0 Å². The summed E-state index contributed by atoms with van der Waals surface area (Å²) < 4.78 is 25.0. The molecule has 0 spiro atoms. The van der Waals surface area contributed by atoms with Crippen molar-refractivity contribution in [2.45, 2.75) is 250 Å². The van der Waals surface area contributed by atoms with Crippen molar-refractivity contribution in [1.29, 1.82) is 0 Å². The highest BCUT2D eigenvalue weighted by molar-refractivity contribution is 5.95. The lowest BCUT2D eigenvalue weighted by Gasteiger charge is -2.40. The van der Waals surface area contributed by atoms with Gasteiger partial charge in [0, 0.05) is 12.1 Å². The van der Waals surface area contributed by atoms with Crippen LogP contribution in [0.4, 0.5) is 0 Å². The molecule has 0 aromatic heterocycles. The lowest BCUT2D eigenvalue weighted by Crippen LogP contribution is -2.58. The van der Waals surface area contributed by atoms with Gasteiger partial charge >= 0.3 is 0 Å². The lowest BCUT2D eigenvalue weighted by atomic mass is 9.93. The van der Waals surface area contributed by atoms with Crippen molar-refractivity contribution in [3.8, 4) is 17.2 Å². The predicted molar refractivity (Wildman–Crippen MR) is 249 cm³/mol. The van der Waals surface area contributed by atoms with Gasteiger partial charge in [0.25, 0.3) is 5.91 Å². The van der Waals surface area contributed by atoms with Crippen molar-refractivity contribution in [2.75, 3.05) is 33.0 Å². The number of carbonyl (C=O) groups excluding carboxylic acids is 1. The second-order valence-electron chi connectivity index (χ2n) is 17.8. The summed E-state index contributed by atoms with van der Waals surface area (Å²) in [5.41, 5.74) is 0.385. The summed E-state index contributed by atoms with van der Waals surface area (Å²) in [7, 11) is 0. The molecule has 10 nitrogen and oxygen atoms in total. The Morgan fingerprint density at radius 2 is 0.852 bits per heavy atom. The maximum Gasteiger partial charge on any atom is 0.251 e. The first-order chi connectivity index (χ1) is 29.9. The lowest BCUT2D eigenvalue weighted by molar-refractivity contribution is -0.229. The third kappa shape index (κ3) is 25.1. The van der Waals surface area contributed by atoms with Gasteiger partial charge in [-0.1, -0.05) is 194 Å². The Balaban J connectivity index is 2.10. The highest BCUT2D eigenvalue weighted by atomic mass is 16.5. The van der Waals surface area contributed by atoms with E-state index in [0.29, 0.717) is 42.6 Å². The fraction of sp³-hybridized carbons (Fsp3) is 0.863. The number of amides is 1. The van der Waals surface area contributed by atoms with E-state index in [4.69, 9.17) is 18.9 Å². The molecule has 1 aromatic rings. The molecule has 5 N–H and O–H groups in total. The number of ether oxygens (including phenoxy) is 4. The molecule has 1 saturated heterocycles. The van der Waals surface area contributed by atoms with Gasteiger partial charge in [0.15, 0.2) is 11.5 Å². The van der Waals surface area contributed by atoms with E-state index in [1.165, 1.54) is 154 Å². The summed E-state index contributed by atoms with van der Waals surface area (Å²) in [4.78, 5) is 13.7. The maximum atomic E-state index is 13.7. The number of nitrogens with one attached hydrogen (secondary N) is 1. The minimum atomic E-state index is -1.45. The molecule has 1 fully saturated rings. The third-order valence-electron chi connectivity index (χ3n) is 12.2. The summed E-state index contributed by atoms with van der Waals surface area (Å²) in [6, 6.07) is 3.50. The Morgan fingerprint density at radius 1 is 0.508 bits per heavy atom. The molecule has 0 radical (unpaired) electrons. The van der Waals surface area contributed by atoms with Crippen LogP contribution in [0.25, 0.3) is 0 Å². The van der Waals surface area contributed by atoms with Crippen LogP contribution in [-0.4, -0.2) is 89.8 Å². The van der Waals surface area contributed by atoms with Gasteiger partial charge in [-0.2, -0.15) is 0 Å². The first-order valence-electron chi connectivity index (χ1n) is 25.5. The number of unbranched alkanes of at least 4 members (excludes halogenated alkanes) is 27. The Bertz CT molecular complexity index is 1140. The molecule has 0 saturated carbocycles. The van der Waals surface area contributed by atoms with Gasteiger partial charge in [-0.15, -0.1) is 0 Å². The average molecular weight is 864 g/mol.